The summed E-state index contributed by atoms with van der Waals surface area (Å²) in [6.45, 7) is 4.96. The van der Waals surface area contributed by atoms with Gasteiger partial charge in [0, 0.05) is 37.3 Å². The summed E-state index contributed by atoms with van der Waals surface area (Å²) in [4.78, 5) is 12.1. The first kappa shape index (κ1) is 15.4. The van der Waals surface area contributed by atoms with Gasteiger partial charge in [0.25, 0.3) is 5.91 Å². The summed E-state index contributed by atoms with van der Waals surface area (Å²) in [5.74, 6) is 1.53. The molecule has 1 aromatic carbocycles. The van der Waals surface area contributed by atoms with E-state index in [-0.39, 0.29) is 12.0 Å². The summed E-state index contributed by atoms with van der Waals surface area (Å²) in [5.41, 5.74) is 2.61. The van der Waals surface area contributed by atoms with E-state index in [4.69, 9.17) is 9.47 Å². The molecule has 6 nitrogen and oxygen atoms in total. The highest BCUT2D eigenvalue weighted by Crippen LogP contribution is 2.35. The van der Waals surface area contributed by atoms with Crippen LogP contribution in [0.3, 0.4) is 0 Å². The topological polar surface area (TPSA) is 65.4 Å². The number of carbonyl (C=O) groups is 1. The van der Waals surface area contributed by atoms with Gasteiger partial charge in [-0.2, -0.15) is 5.10 Å². The number of aromatic nitrogens is 2. The van der Waals surface area contributed by atoms with Gasteiger partial charge in [-0.25, -0.2) is 0 Å². The quantitative estimate of drug-likeness (QED) is 0.917. The largest absolute Gasteiger partial charge is 0.494 e. The number of hydrogen-bond donors (Lipinski definition) is 1. The van der Waals surface area contributed by atoms with Gasteiger partial charge in [0.2, 0.25) is 0 Å². The minimum absolute atomic E-state index is 0.157. The molecule has 1 atom stereocenters. The van der Waals surface area contributed by atoms with Crippen molar-refractivity contribution in [3.8, 4) is 11.5 Å². The van der Waals surface area contributed by atoms with Gasteiger partial charge in [-0.1, -0.05) is 0 Å². The Morgan fingerprint density at radius 1 is 1.52 bits per heavy atom. The molecule has 0 radical (unpaired) electrons. The first-order valence-electron chi connectivity index (χ1n) is 7.79. The third kappa shape index (κ3) is 3.31. The molecule has 0 aliphatic carbocycles. The van der Waals surface area contributed by atoms with Crippen LogP contribution in [0.2, 0.25) is 0 Å². The molecule has 6 heteroatoms. The molecule has 23 heavy (non-hydrogen) atoms. The van der Waals surface area contributed by atoms with Crippen molar-refractivity contribution < 1.29 is 14.3 Å². The highest BCUT2D eigenvalue weighted by molar-refractivity contribution is 5.93. The average molecular weight is 315 g/mol. The van der Waals surface area contributed by atoms with Crippen molar-refractivity contribution in [3.05, 3.63) is 41.2 Å². The first-order valence-corrected chi connectivity index (χ1v) is 7.79. The average Bonchev–Trinajstić information content (AvgIpc) is 3.09. The van der Waals surface area contributed by atoms with E-state index in [1.807, 2.05) is 26.0 Å². The van der Waals surface area contributed by atoms with Crippen LogP contribution in [-0.2, 0) is 20.0 Å². The molecule has 2 aromatic rings. The van der Waals surface area contributed by atoms with E-state index < -0.39 is 0 Å². The molecule has 1 N–H and O–H groups in total. The zero-order valence-electron chi connectivity index (χ0n) is 13.6. The van der Waals surface area contributed by atoms with Crippen LogP contribution >= 0.6 is 0 Å². The number of carbonyl (C=O) groups excluding carboxylic acids is 1. The monoisotopic (exact) mass is 315 g/mol. The summed E-state index contributed by atoms with van der Waals surface area (Å²) in [6, 6.07) is 3.99. The second-order valence-corrected chi connectivity index (χ2v) is 5.72. The Morgan fingerprint density at radius 2 is 2.35 bits per heavy atom. The fourth-order valence-electron chi connectivity index (χ4n) is 2.73. The summed E-state index contributed by atoms with van der Waals surface area (Å²) >= 11 is 0. The summed E-state index contributed by atoms with van der Waals surface area (Å²) < 4.78 is 13.1. The van der Waals surface area contributed by atoms with Crippen molar-refractivity contribution >= 4 is 5.91 Å². The molecule has 1 amide bonds. The van der Waals surface area contributed by atoms with E-state index in [1.165, 1.54) is 0 Å². The second-order valence-electron chi connectivity index (χ2n) is 5.72. The Balaban J connectivity index is 1.76. The molecule has 3 rings (SSSR count). The van der Waals surface area contributed by atoms with Crippen LogP contribution in [0, 0.1) is 0 Å². The van der Waals surface area contributed by atoms with Gasteiger partial charge >= 0.3 is 0 Å². The first-order chi connectivity index (χ1) is 11.1. The van der Waals surface area contributed by atoms with E-state index in [0.717, 1.165) is 29.0 Å². The third-order valence-electron chi connectivity index (χ3n) is 3.79. The van der Waals surface area contributed by atoms with Gasteiger partial charge in [-0.05, 0) is 26.0 Å². The van der Waals surface area contributed by atoms with E-state index in [1.54, 1.807) is 24.1 Å². The molecule has 2 heterocycles. The molecule has 0 bridgehead atoms. The van der Waals surface area contributed by atoms with Gasteiger partial charge in [-0.15, -0.1) is 0 Å². The van der Waals surface area contributed by atoms with Crippen LogP contribution in [0.15, 0.2) is 24.5 Å². The van der Waals surface area contributed by atoms with E-state index >= 15 is 0 Å². The maximum atomic E-state index is 12.1. The van der Waals surface area contributed by atoms with Crippen molar-refractivity contribution in [2.75, 3.05) is 6.61 Å². The maximum Gasteiger partial charge on any atom is 0.254 e. The molecule has 0 spiro atoms. The Kier molecular flexibility index (Phi) is 4.23. The highest BCUT2D eigenvalue weighted by atomic mass is 16.5. The molecule has 1 aliphatic rings. The second kappa shape index (κ2) is 6.32. The number of fused-ring (bicyclic) bond motifs is 1. The predicted molar refractivity (Wildman–Crippen MR) is 85.8 cm³/mol. The summed E-state index contributed by atoms with van der Waals surface area (Å²) in [5, 5.41) is 6.91. The number of nitrogens with one attached hydrogen (secondary N) is 1. The molecule has 0 fully saturated rings. The van der Waals surface area contributed by atoms with Crippen molar-refractivity contribution in [1.29, 1.82) is 0 Å². The smallest absolute Gasteiger partial charge is 0.254 e. The van der Waals surface area contributed by atoms with Crippen molar-refractivity contribution in [2.24, 2.45) is 7.05 Å². The lowest BCUT2D eigenvalue weighted by molar-refractivity contribution is 0.0950. The molecule has 0 saturated carbocycles. The predicted octanol–water partition coefficient (Wildman–Crippen LogP) is 2.07. The Labute approximate surface area is 135 Å². The van der Waals surface area contributed by atoms with Crippen LogP contribution < -0.4 is 14.8 Å². The van der Waals surface area contributed by atoms with Gasteiger partial charge in [0.15, 0.2) is 0 Å². The zero-order valence-corrected chi connectivity index (χ0v) is 13.6. The zero-order chi connectivity index (χ0) is 16.4. The lowest BCUT2D eigenvalue weighted by atomic mass is 10.1. The van der Waals surface area contributed by atoms with Gasteiger partial charge < -0.3 is 14.8 Å². The molecule has 0 saturated heterocycles. The number of benzene rings is 1. The molecular formula is C17H21N3O3. The van der Waals surface area contributed by atoms with Crippen molar-refractivity contribution in [3.63, 3.8) is 0 Å². The Hall–Kier alpha value is -2.50. The lowest BCUT2D eigenvalue weighted by Crippen LogP contribution is -2.22. The SMILES string of the molecule is CCOc1cc2c(cc1CNC(=O)c1cnn(C)c1)OC(C)C2. The molecular weight excluding hydrogens is 294 g/mol. The van der Waals surface area contributed by atoms with E-state index in [9.17, 15) is 4.79 Å². The van der Waals surface area contributed by atoms with E-state index in [0.29, 0.717) is 18.7 Å². The fourth-order valence-corrected chi connectivity index (χ4v) is 2.73. The van der Waals surface area contributed by atoms with Crippen molar-refractivity contribution in [2.45, 2.75) is 32.9 Å². The Morgan fingerprint density at radius 3 is 3.04 bits per heavy atom. The standard InChI is InChI=1S/C17H21N3O3/c1-4-22-15-6-12-5-11(2)23-16(12)7-13(15)8-18-17(21)14-9-19-20(3)10-14/h6-7,9-11H,4-5,8H2,1-3H3,(H,18,21). The minimum Gasteiger partial charge on any atom is -0.494 e. The molecule has 1 unspecified atom stereocenters. The summed E-state index contributed by atoms with van der Waals surface area (Å²) in [7, 11) is 1.78. The van der Waals surface area contributed by atoms with Gasteiger partial charge in [0.1, 0.15) is 17.6 Å². The number of rotatable bonds is 5. The van der Waals surface area contributed by atoms with Crippen LogP contribution in [0.25, 0.3) is 0 Å². The maximum absolute atomic E-state index is 12.1. The number of aryl methyl sites for hydroxylation is 1. The molecule has 1 aromatic heterocycles. The minimum atomic E-state index is -0.157. The molecule has 1 aliphatic heterocycles. The van der Waals surface area contributed by atoms with Crippen LogP contribution in [-0.4, -0.2) is 28.4 Å². The fraction of sp³-hybridized carbons (Fsp3) is 0.412. The molecule has 122 valence electrons. The van der Waals surface area contributed by atoms with E-state index in [2.05, 4.69) is 10.4 Å². The van der Waals surface area contributed by atoms with Crippen LogP contribution in [0.1, 0.15) is 35.3 Å². The summed E-state index contributed by atoms with van der Waals surface area (Å²) in [6.07, 6.45) is 4.30. The lowest BCUT2D eigenvalue weighted by Gasteiger charge is -2.13. The number of amides is 1. The third-order valence-corrected chi connectivity index (χ3v) is 3.79. The van der Waals surface area contributed by atoms with Crippen molar-refractivity contribution in [1.82, 2.24) is 15.1 Å². The van der Waals surface area contributed by atoms with Crippen LogP contribution in [0.4, 0.5) is 0 Å². The number of ether oxygens (including phenoxy) is 2. The number of hydrogen-bond acceptors (Lipinski definition) is 4. The van der Waals surface area contributed by atoms with Gasteiger partial charge in [-0.3, -0.25) is 9.48 Å². The highest BCUT2D eigenvalue weighted by Gasteiger charge is 2.22. The normalized spacial score (nSPS) is 15.9. The number of nitrogens with zero attached hydrogens (tertiary/aromatic N) is 2. The Bertz CT molecular complexity index is 724. The van der Waals surface area contributed by atoms with Gasteiger partial charge in [0.05, 0.1) is 18.4 Å². The van der Waals surface area contributed by atoms with Crippen LogP contribution in [0.5, 0.6) is 11.5 Å².